The summed E-state index contributed by atoms with van der Waals surface area (Å²) in [7, 11) is 0. The third kappa shape index (κ3) is 2.24. The van der Waals surface area contributed by atoms with E-state index in [4.69, 9.17) is 0 Å². The molecule has 0 saturated carbocycles. The molecule has 0 aliphatic carbocycles. The van der Waals surface area contributed by atoms with Crippen LogP contribution in [0, 0.1) is 0 Å². The zero-order chi connectivity index (χ0) is 10.9. The van der Waals surface area contributed by atoms with Crippen LogP contribution in [0.1, 0.15) is 17.7 Å². The summed E-state index contributed by atoms with van der Waals surface area (Å²) in [5, 5.41) is 12.4. The predicted octanol–water partition coefficient (Wildman–Crippen LogP) is 2.26. The third-order valence-electron chi connectivity index (χ3n) is 2.76. The number of aliphatic carboxylic acids is 1. The molecule has 1 aromatic rings. The molecule has 1 unspecified atom stereocenters. The second-order valence-electron chi connectivity index (χ2n) is 3.80. The molecule has 1 aliphatic rings. The SMILES string of the molecule is O=C(O)C1(Cc2ccc(Br)s2)CCCN1. The summed E-state index contributed by atoms with van der Waals surface area (Å²) in [6.07, 6.45) is 2.25. The quantitative estimate of drug-likeness (QED) is 0.897. The van der Waals surface area contributed by atoms with Gasteiger partial charge in [0.05, 0.1) is 3.79 Å². The van der Waals surface area contributed by atoms with E-state index in [9.17, 15) is 9.90 Å². The number of thiophene rings is 1. The Balaban J connectivity index is 2.17. The maximum Gasteiger partial charge on any atom is 0.324 e. The van der Waals surface area contributed by atoms with Gasteiger partial charge in [0, 0.05) is 11.3 Å². The van der Waals surface area contributed by atoms with Gasteiger partial charge in [-0.3, -0.25) is 4.79 Å². The molecule has 1 aromatic heterocycles. The molecule has 0 bridgehead atoms. The molecular weight excluding hydrogens is 278 g/mol. The molecular formula is C10H12BrNO2S. The van der Waals surface area contributed by atoms with E-state index in [0.29, 0.717) is 6.42 Å². The highest BCUT2D eigenvalue weighted by molar-refractivity contribution is 9.11. The van der Waals surface area contributed by atoms with Gasteiger partial charge in [-0.05, 0) is 47.4 Å². The van der Waals surface area contributed by atoms with E-state index < -0.39 is 11.5 Å². The first-order valence-electron chi connectivity index (χ1n) is 4.85. The van der Waals surface area contributed by atoms with Crippen molar-refractivity contribution < 1.29 is 9.90 Å². The van der Waals surface area contributed by atoms with Gasteiger partial charge in [-0.25, -0.2) is 0 Å². The molecule has 2 heterocycles. The minimum absolute atomic E-state index is 0.582. The Hall–Kier alpha value is -0.390. The Morgan fingerprint density at radius 1 is 1.67 bits per heavy atom. The van der Waals surface area contributed by atoms with Gasteiger partial charge in [0.25, 0.3) is 0 Å². The molecule has 2 rings (SSSR count). The summed E-state index contributed by atoms with van der Waals surface area (Å²) in [4.78, 5) is 12.4. The third-order valence-corrected chi connectivity index (χ3v) is 4.38. The van der Waals surface area contributed by atoms with Crippen molar-refractivity contribution >= 4 is 33.2 Å². The first-order chi connectivity index (χ1) is 7.12. The zero-order valence-corrected chi connectivity index (χ0v) is 10.5. The second kappa shape index (κ2) is 4.23. The van der Waals surface area contributed by atoms with Gasteiger partial charge in [-0.15, -0.1) is 11.3 Å². The first kappa shape index (κ1) is 11.1. The molecule has 1 fully saturated rings. The Morgan fingerprint density at radius 3 is 2.93 bits per heavy atom. The van der Waals surface area contributed by atoms with E-state index in [0.717, 1.165) is 28.0 Å². The van der Waals surface area contributed by atoms with E-state index in [1.54, 1.807) is 11.3 Å². The molecule has 5 heteroatoms. The van der Waals surface area contributed by atoms with Gasteiger partial charge in [0.2, 0.25) is 0 Å². The molecule has 82 valence electrons. The van der Waals surface area contributed by atoms with E-state index in [1.807, 2.05) is 12.1 Å². The van der Waals surface area contributed by atoms with Crippen molar-refractivity contribution in [2.75, 3.05) is 6.54 Å². The van der Waals surface area contributed by atoms with Crippen molar-refractivity contribution in [3.8, 4) is 0 Å². The molecule has 15 heavy (non-hydrogen) atoms. The van der Waals surface area contributed by atoms with E-state index in [-0.39, 0.29) is 0 Å². The number of rotatable bonds is 3. The average Bonchev–Trinajstić information content (AvgIpc) is 2.77. The molecule has 0 radical (unpaired) electrons. The number of carbonyl (C=O) groups is 1. The van der Waals surface area contributed by atoms with Crippen molar-refractivity contribution in [1.82, 2.24) is 5.32 Å². The minimum atomic E-state index is -0.732. The van der Waals surface area contributed by atoms with E-state index in [2.05, 4.69) is 21.2 Å². The van der Waals surface area contributed by atoms with Crippen molar-refractivity contribution in [3.63, 3.8) is 0 Å². The van der Waals surface area contributed by atoms with E-state index >= 15 is 0 Å². The predicted molar refractivity (Wildman–Crippen MR) is 63.3 cm³/mol. The van der Waals surface area contributed by atoms with Gasteiger partial charge in [-0.2, -0.15) is 0 Å². The lowest BCUT2D eigenvalue weighted by Crippen LogP contribution is -2.49. The summed E-state index contributed by atoms with van der Waals surface area (Å²) in [6.45, 7) is 0.804. The molecule has 3 nitrogen and oxygen atoms in total. The molecule has 0 aromatic carbocycles. The summed E-state index contributed by atoms with van der Waals surface area (Å²) in [5.74, 6) is -0.732. The molecule has 0 amide bonds. The Kier molecular flexibility index (Phi) is 3.13. The molecule has 2 N–H and O–H groups in total. The topological polar surface area (TPSA) is 49.3 Å². The highest BCUT2D eigenvalue weighted by Crippen LogP contribution is 2.29. The van der Waals surface area contributed by atoms with Crippen LogP contribution in [0.2, 0.25) is 0 Å². The summed E-state index contributed by atoms with van der Waals surface area (Å²) in [6, 6.07) is 3.95. The number of hydrogen-bond acceptors (Lipinski definition) is 3. The van der Waals surface area contributed by atoms with Crippen molar-refractivity contribution in [2.24, 2.45) is 0 Å². The monoisotopic (exact) mass is 289 g/mol. The van der Waals surface area contributed by atoms with Crippen molar-refractivity contribution in [3.05, 3.63) is 20.8 Å². The summed E-state index contributed by atoms with van der Waals surface area (Å²) in [5.41, 5.74) is -0.732. The van der Waals surface area contributed by atoms with Gasteiger partial charge in [0.1, 0.15) is 5.54 Å². The highest BCUT2D eigenvalue weighted by Gasteiger charge is 2.41. The number of halogens is 1. The lowest BCUT2D eigenvalue weighted by molar-refractivity contribution is -0.144. The van der Waals surface area contributed by atoms with Crippen LogP contribution >= 0.6 is 27.3 Å². The van der Waals surface area contributed by atoms with Gasteiger partial charge < -0.3 is 10.4 Å². The van der Waals surface area contributed by atoms with Gasteiger partial charge >= 0.3 is 5.97 Å². The minimum Gasteiger partial charge on any atom is -0.480 e. The number of nitrogens with one attached hydrogen (secondary N) is 1. The van der Waals surface area contributed by atoms with Crippen molar-refractivity contribution in [2.45, 2.75) is 24.8 Å². The fourth-order valence-electron chi connectivity index (χ4n) is 1.96. The van der Waals surface area contributed by atoms with Crippen LogP contribution in [0.15, 0.2) is 15.9 Å². The number of hydrogen-bond donors (Lipinski definition) is 2. The largest absolute Gasteiger partial charge is 0.480 e. The zero-order valence-electron chi connectivity index (χ0n) is 8.12. The highest BCUT2D eigenvalue weighted by atomic mass is 79.9. The maximum absolute atomic E-state index is 11.3. The van der Waals surface area contributed by atoms with Crippen LogP contribution in [0.4, 0.5) is 0 Å². The number of carboxylic acids is 1. The van der Waals surface area contributed by atoms with Crippen LogP contribution in [0.3, 0.4) is 0 Å². The normalized spacial score (nSPS) is 25.7. The molecule has 1 aliphatic heterocycles. The van der Waals surface area contributed by atoms with Crippen LogP contribution in [0.5, 0.6) is 0 Å². The maximum atomic E-state index is 11.3. The smallest absolute Gasteiger partial charge is 0.324 e. The Labute approximate surface area is 101 Å². The molecule has 1 atom stereocenters. The summed E-state index contributed by atoms with van der Waals surface area (Å²) >= 11 is 4.99. The van der Waals surface area contributed by atoms with E-state index in [1.165, 1.54) is 0 Å². The van der Waals surface area contributed by atoms with Crippen molar-refractivity contribution in [1.29, 1.82) is 0 Å². The lowest BCUT2D eigenvalue weighted by atomic mass is 9.93. The van der Waals surface area contributed by atoms with Crippen LogP contribution < -0.4 is 5.32 Å². The fourth-order valence-corrected chi connectivity index (χ4v) is 3.56. The summed E-state index contributed by atoms with van der Waals surface area (Å²) < 4.78 is 1.05. The van der Waals surface area contributed by atoms with Crippen LogP contribution in [-0.2, 0) is 11.2 Å². The molecule has 1 saturated heterocycles. The first-order valence-corrected chi connectivity index (χ1v) is 6.46. The average molecular weight is 290 g/mol. The second-order valence-corrected chi connectivity index (χ2v) is 6.35. The Morgan fingerprint density at radius 2 is 2.47 bits per heavy atom. The van der Waals surface area contributed by atoms with Crippen LogP contribution in [0.25, 0.3) is 0 Å². The van der Waals surface area contributed by atoms with Gasteiger partial charge in [-0.1, -0.05) is 0 Å². The standard InChI is InChI=1S/C10H12BrNO2S/c11-8-3-2-7(15-8)6-10(9(13)14)4-1-5-12-10/h2-3,12H,1,4-6H2,(H,13,14). The Bertz CT molecular complexity index is 371. The van der Waals surface area contributed by atoms with Gasteiger partial charge in [0.15, 0.2) is 0 Å². The number of carboxylic acid groups (broad SMARTS) is 1. The lowest BCUT2D eigenvalue weighted by Gasteiger charge is -2.23. The molecule has 0 spiro atoms. The fraction of sp³-hybridized carbons (Fsp3) is 0.500. The van der Waals surface area contributed by atoms with Crippen LogP contribution in [-0.4, -0.2) is 23.2 Å².